The third-order valence-electron chi connectivity index (χ3n) is 3.29. The molecule has 0 heterocycles. The summed E-state index contributed by atoms with van der Waals surface area (Å²) in [7, 11) is 0. The summed E-state index contributed by atoms with van der Waals surface area (Å²) >= 11 is 0. The highest BCUT2D eigenvalue weighted by Crippen LogP contribution is 2.28. The van der Waals surface area contributed by atoms with Crippen LogP contribution >= 0.6 is 0 Å². The monoisotopic (exact) mass is 300 g/mol. The fraction of sp³-hybridized carbons (Fsp3) is 0.818. The standard InChI is InChI=1S/C11H16F4N2O3/c1-2-17(5-8(18)19)7-3-6(4-7)16-10(20)11(14,15)9(12)13/h6-7,9H,2-5H2,1H3,(H,16,20)(H,18,19). The van der Waals surface area contributed by atoms with Crippen LogP contribution in [0, 0.1) is 0 Å². The topological polar surface area (TPSA) is 69.6 Å². The number of rotatable bonds is 7. The number of hydrogen-bond acceptors (Lipinski definition) is 3. The molecule has 0 unspecified atom stereocenters. The van der Waals surface area contributed by atoms with E-state index < -0.39 is 30.3 Å². The van der Waals surface area contributed by atoms with Crippen LogP contribution in [0.1, 0.15) is 19.8 Å². The number of nitrogens with one attached hydrogen (secondary N) is 1. The zero-order chi connectivity index (χ0) is 15.5. The van der Waals surface area contributed by atoms with Crippen molar-refractivity contribution >= 4 is 11.9 Å². The molecule has 116 valence electrons. The Labute approximate surface area is 112 Å². The number of alkyl halides is 4. The minimum atomic E-state index is -4.70. The van der Waals surface area contributed by atoms with E-state index in [0.29, 0.717) is 6.54 Å². The summed E-state index contributed by atoms with van der Waals surface area (Å²) in [6.07, 6.45) is -3.50. The maximum absolute atomic E-state index is 12.7. The average Bonchev–Trinajstić information content (AvgIpc) is 2.29. The highest BCUT2D eigenvalue weighted by Gasteiger charge is 2.50. The number of likely N-dealkylation sites (N-methyl/N-ethyl adjacent to an activating group) is 1. The molecule has 0 spiro atoms. The molecule has 1 aliphatic rings. The van der Waals surface area contributed by atoms with Gasteiger partial charge in [0.25, 0.3) is 5.91 Å². The summed E-state index contributed by atoms with van der Waals surface area (Å²) in [5, 5.41) is 10.5. The van der Waals surface area contributed by atoms with Crippen LogP contribution in [-0.4, -0.2) is 59.4 Å². The Balaban J connectivity index is 2.42. The van der Waals surface area contributed by atoms with Gasteiger partial charge in [-0.05, 0) is 19.4 Å². The second-order valence-corrected chi connectivity index (χ2v) is 4.68. The molecular weight excluding hydrogens is 284 g/mol. The van der Waals surface area contributed by atoms with Crippen molar-refractivity contribution in [2.45, 2.75) is 44.2 Å². The summed E-state index contributed by atoms with van der Waals surface area (Å²) in [6, 6.07) is -0.776. The lowest BCUT2D eigenvalue weighted by Gasteiger charge is -2.42. The summed E-state index contributed by atoms with van der Waals surface area (Å²) < 4.78 is 49.3. The van der Waals surface area contributed by atoms with Crippen molar-refractivity contribution in [1.29, 1.82) is 0 Å². The minimum Gasteiger partial charge on any atom is -0.480 e. The quantitative estimate of drug-likeness (QED) is 0.687. The summed E-state index contributed by atoms with van der Waals surface area (Å²) in [4.78, 5) is 23.2. The zero-order valence-electron chi connectivity index (χ0n) is 10.8. The van der Waals surface area contributed by atoms with Crippen LogP contribution < -0.4 is 5.32 Å². The lowest BCUT2D eigenvalue weighted by atomic mass is 9.85. The maximum Gasteiger partial charge on any atom is 0.383 e. The first-order valence-corrected chi connectivity index (χ1v) is 6.11. The van der Waals surface area contributed by atoms with E-state index >= 15 is 0 Å². The number of carbonyl (C=O) groups excluding carboxylic acids is 1. The molecule has 1 aliphatic carbocycles. The highest BCUT2D eigenvalue weighted by atomic mass is 19.3. The molecule has 1 amide bonds. The van der Waals surface area contributed by atoms with Gasteiger partial charge < -0.3 is 10.4 Å². The van der Waals surface area contributed by atoms with E-state index in [1.54, 1.807) is 11.8 Å². The fourth-order valence-corrected chi connectivity index (χ4v) is 2.06. The number of carbonyl (C=O) groups is 2. The molecule has 2 N–H and O–H groups in total. The van der Waals surface area contributed by atoms with Crippen molar-refractivity contribution in [3.8, 4) is 0 Å². The van der Waals surface area contributed by atoms with Gasteiger partial charge in [0.15, 0.2) is 0 Å². The van der Waals surface area contributed by atoms with E-state index in [1.165, 1.54) is 0 Å². The van der Waals surface area contributed by atoms with Crippen molar-refractivity contribution in [2.75, 3.05) is 13.1 Å². The molecule has 9 heteroatoms. The first-order chi connectivity index (χ1) is 9.18. The normalized spacial score (nSPS) is 22.8. The van der Waals surface area contributed by atoms with Gasteiger partial charge in [0, 0.05) is 12.1 Å². The largest absolute Gasteiger partial charge is 0.480 e. The van der Waals surface area contributed by atoms with Crippen molar-refractivity contribution in [2.24, 2.45) is 0 Å². The third kappa shape index (κ3) is 3.81. The van der Waals surface area contributed by atoms with Gasteiger partial charge in [-0.1, -0.05) is 6.92 Å². The van der Waals surface area contributed by atoms with E-state index in [1.807, 2.05) is 5.32 Å². The number of aliphatic carboxylic acids is 1. The van der Waals surface area contributed by atoms with Crippen LogP contribution in [-0.2, 0) is 9.59 Å². The molecule has 1 saturated carbocycles. The van der Waals surface area contributed by atoms with Crippen LogP contribution in [0.3, 0.4) is 0 Å². The van der Waals surface area contributed by atoms with Crippen LogP contribution in [0.4, 0.5) is 17.6 Å². The molecule has 5 nitrogen and oxygen atoms in total. The Bertz CT molecular complexity index is 373. The second-order valence-electron chi connectivity index (χ2n) is 4.68. The minimum absolute atomic E-state index is 0.151. The molecule has 0 radical (unpaired) electrons. The number of hydrogen-bond donors (Lipinski definition) is 2. The van der Waals surface area contributed by atoms with Gasteiger partial charge in [0.1, 0.15) is 0 Å². The van der Waals surface area contributed by atoms with Crippen molar-refractivity contribution in [3.63, 3.8) is 0 Å². The Morgan fingerprint density at radius 2 is 1.95 bits per heavy atom. The molecular formula is C11H16F4N2O3. The van der Waals surface area contributed by atoms with Crippen molar-refractivity contribution in [1.82, 2.24) is 10.2 Å². The van der Waals surface area contributed by atoms with Crippen LogP contribution in [0.2, 0.25) is 0 Å². The lowest BCUT2D eigenvalue weighted by molar-refractivity contribution is -0.171. The summed E-state index contributed by atoms with van der Waals surface area (Å²) in [5.74, 6) is -7.70. The van der Waals surface area contributed by atoms with Gasteiger partial charge in [-0.25, -0.2) is 8.78 Å². The molecule has 20 heavy (non-hydrogen) atoms. The third-order valence-corrected chi connectivity index (χ3v) is 3.29. The van der Waals surface area contributed by atoms with Crippen molar-refractivity contribution in [3.05, 3.63) is 0 Å². The SMILES string of the molecule is CCN(CC(=O)O)C1CC(NC(=O)C(F)(F)C(F)F)C1. The molecule has 0 bridgehead atoms. The number of nitrogens with zero attached hydrogens (tertiary/aromatic N) is 1. The highest BCUT2D eigenvalue weighted by molar-refractivity contribution is 5.84. The molecule has 1 rings (SSSR count). The van der Waals surface area contributed by atoms with Gasteiger partial charge in [0.05, 0.1) is 6.54 Å². The van der Waals surface area contributed by atoms with Gasteiger partial charge in [-0.15, -0.1) is 0 Å². The average molecular weight is 300 g/mol. The van der Waals surface area contributed by atoms with Gasteiger partial charge in [-0.2, -0.15) is 8.78 Å². The van der Waals surface area contributed by atoms with Gasteiger partial charge in [-0.3, -0.25) is 14.5 Å². The predicted molar refractivity (Wildman–Crippen MR) is 60.8 cm³/mol. The maximum atomic E-state index is 12.7. The van der Waals surface area contributed by atoms with E-state index in [-0.39, 0.29) is 25.4 Å². The van der Waals surface area contributed by atoms with E-state index in [2.05, 4.69) is 0 Å². The number of halogens is 4. The number of carboxylic acid groups (broad SMARTS) is 1. The zero-order valence-corrected chi connectivity index (χ0v) is 10.8. The van der Waals surface area contributed by atoms with Crippen molar-refractivity contribution < 1.29 is 32.3 Å². The first-order valence-electron chi connectivity index (χ1n) is 6.11. The molecule has 1 fully saturated rings. The number of amides is 1. The van der Waals surface area contributed by atoms with Crippen LogP contribution in [0.5, 0.6) is 0 Å². The van der Waals surface area contributed by atoms with Crippen LogP contribution in [0.25, 0.3) is 0 Å². The lowest BCUT2D eigenvalue weighted by Crippen LogP contribution is -2.58. The van der Waals surface area contributed by atoms with Crippen LogP contribution in [0.15, 0.2) is 0 Å². The molecule has 0 aromatic rings. The van der Waals surface area contributed by atoms with Gasteiger partial charge in [0.2, 0.25) is 0 Å². The Morgan fingerprint density at radius 3 is 2.35 bits per heavy atom. The summed E-state index contributed by atoms with van der Waals surface area (Å²) in [6.45, 7) is 2.03. The molecule has 0 aromatic heterocycles. The van der Waals surface area contributed by atoms with E-state index in [0.717, 1.165) is 0 Å². The fourth-order valence-electron chi connectivity index (χ4n) is 2.06. The number of carboxylic acids is 1. The van der Waals surface area contributed by atoms with E-state index in [4.69, 9.17) is 5.11 Å². The molecule has 0 aromatic carbocycles. The second kappa shape index (κ2) is 6.38. The van der Waals surface area contributed by atoms with Gasteiger partial charge >= 0.3 is 18.3 Å². The molecule has 0 aliphatic heterocycles. The summed E-state index contributed by atoms with van der Waals surface area (Å²) in [5.41, 5.74) is 0. The molecule has 0 saturated heterocycles. The first kappa shape index (κ1) is 16.7. The Morgan fingerprint density at radius 1 is 1.40 bits per heavy atom. The molecule has 0 atom stereocenters. The van der Waals surface area contributed by atoms with E-state index in [9.17, 15) is 27.2 Å². The Kier molecular flexibility index (Phi) is 5.32. The smallest absolute Gasteiger partial charge is 0.383 e. The predicted octanol–water partition coefficient (Wildman–Crippen LogP) is 0.941. The Hall–Kier alpha value is -1.38.